The molecule has 0 radical (unpaired) electrons. The van der Waals surface area contributed by atoms with Crippen molar-refractivity contribution < 1.29 is 52.0 Å². The van der Waals surface area contributed by atoms with Gasteiger partial charge < -0.3 is 30.6 Å². The zero-order chi connectivity index (χ0) is 36.5. The molecular weight excluding hydrogens is 763 g/mol. The second-order valence-corrected chi connectivity index (χ2v) is 11.7. The summed E-state index contributed by atoms with van der Waals surface area (Å²) in [6.45, 7) is 2.29. The Labute approximate surface area is 322 Å². The van der Waals surface area contributed by atoms with E-state index in [1.165, 1.54) is 0 Å². The summed E-state index contributed by atoms with van der Waals surface area (Å²) in [4.78, 5) is 28.8. The summed E-state index contributed by atoms with van der Waals surface area (Å²) in [6, 6.07) is 40.1. The van der Waals surface area contributed by atoms with Crippen LogP contribution >= 0.6 is 10.1 Å². The first-order valence-corrected chi connectivity index (χ1v) is 17.0. The van der Waals surface area contributed by atoms with Crippen LogP contribution in [-0.4, -0.2) is 73.1 Å². The molecular formula is C40H42ClCu2N4O4+. The van der Waals surface area contributed by atoms with Crippen LogP contribution in [0.25, 0.3) is 21.5 Å². The minimum atomic E-state index is -0.320. The van der Waals surface area contributed by atoms with E-state index < -0.39 is 0 Å². The van der Waals surface area contributed by atoms with E-state index >= 15 is 0 Å². The molecule has 11 heteroatoms. The van der Waals surface area contributed by atoms with Crippen molar-refractivity contribution >= 4 is 54.8 Å². The van der Waals surface area contributed by atoms with E-state index in [9.17, 15) is 19.8 Å². The summed E-state index contributed by atoms with van der Waals surface area (Å²) in [6.07, 6.45) is 0. The van der Waals surface area contributed by atoms with Crippen molar-refractivity contribution in [3.8, 4) is 11.5 Å². The minimum Gasteiger partial charge on any atom is 1.00 e. The number of carbonyl (C=O) groups is 2. The Kier molecular flexibility index (Phi) is 18.8. The molecule has 0 aliphatic heterocycles. The fourth-order valence-corrected chi connectivity index (χ4v) is 4.66. The first-order chi connectivity index (χ1) is 24.1. The Balaban J connectivity index is 0.000000278. The average molecular weight is 805 g/mol. The van der Waals surface area contributed by atoms with Crippen LogP contribution in [0.3, 0.4) is 0 Å². The Morgan fingerprint density at radius 1 is 0.529 bits per heavy atom. The van der Waals surface area contributed by atoms with Gasteiger partial charge in [0.25, 0.3) is 11.8 Å². The second-order valence-electron chi connectivity index (χ2n) is 11.7. The molecule has 4 N–H and O–H groups in total. The molecule has 6 aromatic rings. The van der Waals surface area contributed by atoms with Crippen molar-refractivity contribution in [3.05, 3.63) is 145 Å². The van der Waals surface area contributed by atoms with E-state index in [0.717, 1.165) is 34.6 Å². The van der Waals surface area contributed by atoms with Crippen LogP contribution in [0, 0.1) is 0 Å². The molecule has 51 heavy (non-hydrogen) atoms. The van der Waals surface area contributed by atoms with Crippen LogP contribution in [0.2, 0.25) is 0 Å². The standard InChI is InChI=1S/2C17H13NO2.C6H16N2.ClH.2Cu/c2*19-16-11-13-7-5-4-6-12(13)10-15(16)17(20)18-14-8-2-1-3-9-14;1-7(2)5-6-8(3)4;;;/h2*1-11,19H,(H,18,20);5-6H2,1-4H3;1H;;/q;;;;2*+1/p-1. The molecule has 0 unspecified atom stereocenters. The molecule has 6 rings (SSSR count). The monoisotopic (exact) mass is 803 g/mol. The molecule has 0 aliphatic carbocycles. The van der Waals surface area contributed by atoms with Crippen LogP contribution in [-0.2, 0) is 32.2 Å². The van der Waals surface area contributed by atoms with Crippen LogP contribution in [0.15, 0.2) is 133 Å². The molecule has 0 saturated heterocycles. The zero-order valence-corrected chi connectivity index (χ0v) is 31.3. The summed E-state index contributed by atoms with van der Waals surface area (Å²) in [5.74, 6) is -0.673. The molecule has 0 atom stereocenters. The molecule has 0 aliphatic rings. The van der Waals surface area contributed by atoms with Crippen molar-refractivity contribution in [1.82, 2.24) is 9.80 Å². The number of para-hydroxylation sites is 2. The van der Waals surface area contributed by atoms with Gasteiger partial charge in [0.2, 0.25) is 0 Å². The number of phenols is 2. The maximum absolute atomic E-state index is 12.2. The van der Waals surface area contributed by atoms with E-state index in [1.807, 2.05) is 84.9 Å². The molecule has 0 bridgehead atoms. The topological polar surface area (TPSA) is 105 Å². The fraction of sp³-hybridized carbons (Fsp3) is 0.150. The predicted molar refractivity (Wildman–Crippen MR) is 203 cm³/mol. The number of carbonyl (C=O) groups excluding carboxylic acids is 2. The van der Waals surface area contributed by atoms with Gasteiger partial charge in [-0.05, 0) is 98.3 Å². The number of fused-ring (bicyclic) bond motifs is 2. The zero-order valence-electron chi connectivity index (χ0n) is 28.7. The summed E-state index contributed by atoms with van der Waals surface area (Å²) in [5.41, 5.74) is 1.94. The van der Waals surface area contributed by atoms with Gasteiger partial charge in [-0.15, -0.1) is 0 Å². The van der Waals surface area contributed by atoms with E-state index in [2.05, 4.69) is 73.8 Å². The number of halogens is 1. The normalized spacial score (nSPS) is 10.1. The van der Waals surface area contributed by atoms with E-state index in [4.69, 9.17) is 0 Å². The fourth-order valence-electron chi connectivity index (χ4n) is 4.66. The molecule has 0 saturated carbocycles. The Bertz CT molecular complexity index is 1820. The summed E-state index contributed by atoms with van der Waals surface area (Å²) in [7, 11) is 12.5. The molecule has 0 spiro atoms. The summed E-state index contributed by atoms with van der Waals surface area (Å²) >= 11 is 3.66. The number of hydrogen-bond donors (Lipinski definition) is 4. The largest absolute Gasteiger partial charge is 1.00 e. The predicted octanol–water partition coefficient (Wildman–Crippen LogP) is 8.39. The quantitative estimate of drug-likeness (QED) is 0.121. The molecule has 6 aromatic carbocycles. The molecule has 0 fully saturated rings. The number of hydrogen-bond acceptors (Lipinski definition) is 6. The second kappa shape index (κ2) is 22.4. The van der Waals surface area contributed by atoms with Gasteiger partial charge in [-0.3, -0.25) is 9.59 Å². The number of phenolic OH excluding ortho intramolecular Hbond substituents is 2. The van der Waals surface area contributed by atoms with Gasteiger partial charge in [0.1, 0.15) is 11.5 Å². The molecule has 8 nitrogen and oxygen atoms in total. The maximum Gasteiger partial charge on any atom is 1.00 e. The Hall–Kier alpha value is -4.37. The minimum absolute atomic E-state index is 0. The molecule has 0 aromatic heterocycles. The molecule has 0 heterocycles. The number of likely N-dealkylation sites (N-methyl/N-ethyl adjacent to an activating group) is 2. The van der Waals surface area contributed by atoms with Crippen molar-refractivity contribution in [3.63, 3.8) is 0 Å². The van der Waals surface area contributed by atoms with Gasteiger partial charge in [-0.1, -0.05) is 84.9 Å². The third kappa shape index (κ3) is 14.0. The number of anilines is 2. The molecule has 274 valence electrons. The van der Waals surface area contributed by atoms with Crippen molar-refractivity contribution in [2.24, 2.45) is 0 Å². The van der Waals surface area contributed by atoms with Gasteiger partial charge in [0.15, 0.2) is 0 Å². The number of amides is 2. The average Bonchev–Trinajstić information content (AvgIpc) is 3.12. The van der Waals surface area contributed by atoms with Gasteiger partial charge >= 0.3 is 42.3 Å². The molecule has 2 amide bonds. The van der Waals surface area contributed by atoms with E-state index in [0.29, 0.717) is 11.4 Å². The number of aromatic hydroxyl groups is 2. The first-order valence-electron chi connectivity index (χ1n) is 15.7. The number of nitrogens with one attached hydrogen (secondary N) is 2. The number of benzene rings is 6. The van der Waals surface area contributed by atoms with E-state index in [-0.39, 0.29) is 51.5 Å². The van der Waals surface area contributed by atoms with Gasteiger partial charge in [0.05, 0.1) is 11.1 Å². The van der Waals surface area contributed by atoms with Gasteiger partial charge in [-0.25, -0.2) is 0 Å². The Morgan fingerprint density at radius 2 is 0.804 bits per heavy atom. The third-order valence-corrected chi connectivity index (χ3v) is 7.28. The smallest absolute Gasteiger partial charge is 1.00 e. The Morgan fingerprint density at radius 3 is 1.10 bits per heavy atom. The van der Waals surface area contributed by atoms with Crippen LogP contribution < -0.4 is 10.6 Å². The van der Waals surface area contributed by atoms with Crippen LogP contribution in [0.5, 0.6) is 11.5 Å². The van der Waals surface area contributed by atoms with Crippen LogP contribution in [0.4, 0.5) is 11.4 Å². The SMILES string of the molecule is CN(C)CCN(C)C.O=C(Nc1ccccc1)c1cc2ccccc2cc1O.O=C(Nc1ccccc1)c1cc2ccccc2cc1O.[Cl][Cu].[Cu+]. The van der Waals surface area contributed by atoms with Crippen LogP contribution in [0.1, 0.15) is 20.7 Å². The number of rotatable bonds is 7. The van der Waals surface area contributed by atoms with Crippen molar-refractivity contribution in [2.45, 2.75) is 0 Å². The number of nitrogens with zero attached hydrogens (tertiary/aromatic N) is 2. The first kappa shape index (κ1) is 42.8. The van der Waals surface area contributed by atoms with Gasteiger partial charge in [-0.2, -0.15) is 0 Å². The van der Waals surface area contributed by atoms with Crippen molar-refractivity contribution in [2.75, 3.05) is 51.9 Å². The summed E-state index contributed by atoms with van der Waals surface area (Å²) < 4.78 is 0. The van der Waals surface area contributed by atoms with Gasteiger partial charge in [0, 0.05) is 24.5 Å². The van der Waals surface area contributed by atoms with E-state index in [1.54, 1.807) is 48.5 Å². The third-order valence-electron chi connectivity index (χ3n) is 7.28. The van der Waals surface area contributed by atoms with Crippen molar-refractivity contribution in [1.29, 1.82) is 0 Å². The summed E-state index contributed by atoms with van der Waals surface area (Å²) in [5, 5.41) is 29.2. The maximum atomic E-state index is 12.2.